The number of rotatable bonds is 5. The maximum atomic E-state index is 14.3. The second-order valence-electron chi connectivity index (χ2n) is 7.50. The van der Waals surface area contributed by atoms with Crippen LogP contribution in [0.25, 0.3) is 16.7 Å². The fourth-order valence-corrected chi connectivity index (χ4v) is 4.43. The van der Waals surface area contributed by atoms with Crippen LogP contribution in [0.15, 0.2) is 54.7 Å². The number of hydrogen-bond acceptors (Lipinski definition) is 3. The third-order valence-corrected chi connectivity index (χ3v) is 5.82. The number of aryl methyl sites for hydroxylation is 1. The topological polar surface area (TPSA) is 47.7 Å². The Morgan fingerprint density at radius 2 is 1.97 bits per heavy atom. The molecule has 0 fully saturated rings. The molecule has 1 aliphatic rings. The van der Waals surface area contributed by atoms with Gasteiger partial charge < -0.3 is 9.88 Å². The van der Waals surface area contributed by atoms with E-state index in [9.17, 15) is 4.39 Å². The molecular weight excluding hydrogens is 365 g/mol. The molecule has 148 valence electrons. The van der Waals surface area contributed by atoms with Crippen molar-refractivity contribution in [2.45, 2.75) is 45.3 Å². The van der Waals surface area contributed by atoms with E-state index in [-0.39, 0.29) is 11.9 Å². The van der Waals surface area contributed by atoms with Crippen molar-refractivity contribution in [3.8, 4) is 5.69 Å². The molecule has 1 N–H and O–H groups in total. The van der Waals surface area contributed by atoms with Gasteiger partial charge in [-0.1, -0.05) is 24.3 Å². The largest absolute Gasteiger partial charge is 0.327 e. The summed E-state index contributed by atoms with van der Waals surface area (Å²) in [5, 5.41) is 8.20. The number of halogens is 1. The second-order valence-corrected chi connectivity index (χ2v) is 7.50. The zero-order chi connectivity index (χ0) is 19.8. The molecule has 0 spiro atoms. The van der Waals surface area contributed by atoms with Crippen LogP contribution in [-0.2, 0) is 19.5 Å². The molecule has 2 heterocycles. The van der Waals surface area contributed by atoms with Gasteiger partial charge in [0.15, 0.2) is 0 Å². The summed E-state index contributed by atoms with van der Waals surface area (Å²) in [6, 6.07) is 15.3. The van der Waals surface area contributed by atoms with E-state index in [4.69, 9.17) is 4.98 Å². The third kappa shape index (κ3) is 3.13. The summed E-state index contributed by atoms with van der Waals surface area (Å²) in [6.45, 7) is 3.73. The molecule has 4 aromatic rings. The van der Waals surface area contributed by atoms with E-state index in [1.54, 1.807) is 16.8 Å². The maximum Gasteiger partial charge on any atom is 0.148 e. The van der Waals surface area contributed by atoms with E-state index >= 15 is 0 Å². The van der Waals surface area contributed by atoms with E-state index in [0.717, 1.165) is 42.8 Å². The molecule has 0 radical (unpaired) electrons. The molecule has 1 unspecified atom stereocenters. The van der Waals surface area contributed by atoms with Gasteiger partial charge in [-0.05, 0) is 50.5 Å². The average molecular weight is 389 g/mol. The predicted octanol–water partition coefficient (Wildman–Crippen LogP) is 4.55. The maximum absolute atomic E-state index is 14.3. The highest BCUT2D eigenvalue weighted by atomic mass is 19.1. The van der Waals surface area contributed by atoms with Gasteiger partial charge >= 0.3 is 0 Å². The molecule has 0 saturated heterocycles. The van der Waals surface area contributed by atoms with Gasteiger partial charge in [0.05, 0.1) is 23.8 Å². The van der Waals surface area contributed by atoms with Gasteiger partial charge in [0.2, 0.25) is 0 Å². The van der Waals surface area contributed by atoms with Crippen LogP contribution in [0.2, 0.25) is 0 Å². The van der Waals surface area contributed by atoms with Gasteiger partial charge in [0.1, 0.15) is 17.3 Å². The normalized spacial score (nSPS) is 16.3. The van der Waals surface area contributed by atoms with E-state index in [0.29, 0.717) is 12.2 Å². The SMILES string of the molecule is CCn1c(CNC2CCCc3c2cnn3-c2ccccc2F)nc2ccccc21. The molecule has 0 amide bonds. The van der Waals surface area contributed by atoms with E-state index < -0.39 is 0 Å². The highest BCUT2D eigenvalue weighted by Gasteiger charge is 2.25. The molecule has 1 aliphatic carbocycles. The summed E-state index contributed by atoms with van der Waals surface area (Å²) >= 11 is 0. The Kier molecular flexibility index (Phi) is 4.64. The first-order valence-corrected chi connectivity index (χ1v) is 10.3. The van der Waals surface area contributed by atoms with Crippen molar-refractivity contribution in [3.63, 3.8) is 0 Å². The fraction of sp³-hybridized carbons (Fsp3) is 0.304. The van der Waals surface area contributed by atoms with Crippen LogP contribution in [-0.4, -0.2) is 19.3 Å². The summed E-state index contributed by atoms with van der Waals surface area (Å²) in [5.74, 6) is 0.799. The molecule has 2 aromatic heterocycles. The molecule has 0 saturated carbocycles. The minimum absolute atomic E-state index is 0.199. The molecule has 0 bridgehead atoms. The smallest absolute Gasteiger partial charge is 0.148 e. The molecule has 5 nitrogen and oxygen atoms in total. The van der Waals surface area contributed by atoms with Gasteiger partial charge in [-0.2, -0.15) is 5.10 Å². The van der Waals surface area contributed by atoms with Crippen LogP contribution in [0.5, 0.6) is 0 Å². The summed E-state index contributed by atoms with van der Waals surface area (Å²) in [6.07, 6.45) is 4.90. The van der Waals surface area contributed by atoms with Gasteiger partial charge in [-0.25, -0.2) is 14.1 Å². The van der Waals surface area contributed by atoms with Crippen molar-refractivity contribution in [2.24, 2.45) is 0 Å². The van der Waals surface area contributed by atoms with Gasteiger partial charge in [-0.15, -0.1) is 0 Å². The van der Waals surface area contributed by atoms with Gasteiger partial charge in [0.25, 0.3) is 0 Å². The quantitative estimate of drug-likeness (QED) is 0.545. The molecular formula is C23H24FN5. The highest BCUT2D eigenvalue weighted by Crippen LogP contribution is 2.32. The Hall–Kier alpha value is -2.99. The Morgan fingerprint density at radius 3 is 2.83 bits per heavy atom. The first kappa shape index (κ1) is 18.1. The lowest BCUT2D eigenvalue weighted by atomic mass is 9.93. The van der Waals surface area contributed by atoms with Crippen LogP contribution in [0, 0.1) is 5.82 Å². The Morgan fingerprint density at radius 1 is 1.14 bits per heavy atom. The molecule has 2 aromatic carbocycles. The lowest BCUT2D eigenvalue weighted by Gasteiger charge is -2.24. The highest BCUT2D eigenvalue weighted by molar-refractivity contribution is 5.75. The first-order valence-electron chi connectivity index (χ1n) is 10.3. The average Bonchev–Trinajstić information content (AvgIpc) is 3.34. The van der Waals surface area contributed by atoms with Gasteiger partial charge in [-0.3, -0.25) is 0 Å². The number of hydrogen-bond donors (Lipinski definition) is 1. The summed E-state index contributed by atoms with van der Waals surface area (Å²) < 4.78 is 18.3. The number of imidazole rings is 1. The number of para-hydroxylation sites is 3. The third-order valence-electron chi connectivity index (χ3n) is 5.82. The molecule has 29 heavy (non-hydrogen) atoms. The predicted molar refractivity (Wildman–Crippen MR) is 111 cm³/mol. The molecule has 6 heteroatoms. The first-order chi connectivity index (χ1) is 14.3. The van der Waals surface area contributed by atoms with E-state index in [1.165, 1.54) is 17.1 Å². The van der Waals surface area contributed by atoms with Crippen LogP contribution >= 0.6 is 0 Å². The Balaban J connectivity index is 1.42. The number of nitrogens with zero attached hydrogens (tertiary/aromatic N) is 4. The number of aromatic nitrogens is 4. The lowest BCUT2D eigenvalue weighted by Crippen LogP contribution is -2.26. The molecule has 0 aliphatic heterocycles. The van der Waals surface area contributed by atoms with Crippen molar-refractivity contribution in [1.29, 1.82) is 0 Å². The van der Waals surface area contributed by atoms with Crippen molar-refractivity contribution >= 4 is 11.0 Å². The number of benzene rings is 2. The van der Waals surface area contributed by atoms with Gasteiger partial charge in [0, 0.05) is 23.8 Å². The number of nitrogens with one attached hydrogen (secondary N) is 1. The van der Waals surface area contributed by atoms with Crippen LogP contribution in [0.1, 0.15) is 42.9 Å². The molecule has 5 rings (SSSR count). The fourth-order valence-electron chi connectivity index (χ4n) is 4.43. The number of fused-ring (bicyclic) bond motifs is 2. The van der Waals surface area contributed by atoms with Crippen molar-refractivity contribution in [2.75, 3.05) is 0 Å². The van der Waals surface area contributed by atoms with Crippen molar-refractivity contribution < 1.29 is 4.39 Å². The summed E-state index contributed by atoms with van der Waals surface area (Å²) in [7, 11) is 0. The lowest BCUT2D eigenvalue weighted by molar-refractivity contribution is 0.443. The van der Waals surface area contributed by atoms with Crippen molar-refractivity contribution in [1.82, 2.24) is 24.6 Å². The van der Waals surface area contributed by atoms with Crippen LogP contribution in [0.3, 0.4) is 0 Å². The zero-order valence-electron chi connectivity index (χ0n) is 16.5. The van der Waals surface area contributed by atoms with Crippen LogP contribution < -0.4 is 5.32 Å². The monoisotopic (exact) mass is 389 g/mol. The van der Waals surface area contributed by atoms with E-state index in [1.807, 2.05) is 18.3 Å². The standard InChI is InChI=1S/C23H24FN5/c1-2-28-22-12-6-4-9-19(22)27-23(28)15-25-18-10-7-13-20-16(18)14-26-29(20)21-11-5-3-8-17(21)24/h3-6,8-9,11-12,14,18,25H,2,7,10,13,15H2,1H3. The summed E-state index contributed by atoms with van der Waals surface area (Å²) in [5.41, 5.74) is 4.98. The minimum Gasteiger partial charge on any atom is -0.327 e. The van der Waals surface area contributed by atoms with E-state index in [2.05, 4.69) is 40.1 Å². The Labute approximate surface area is 169 Å². The summed E-state index contributed by atoms with van der Waals surface area (Å²) in [4.78, 5) is 4.82. The molecule has 1 atom stereocenters. The Bertz CT molecular complexity index is 1160. The van der Waals surface area contributed by atoms with Crippen LogP contribution in [0.4, 0.5) is 4.39 Å². The minimum atomic E-state index is -0.245. The van der Waals surface area contributed by atoms with Crippen molar-refractivity contribution in [3.05, 3.63) is 77.6 Å². The second kappa shape index (κ2) is 7.44. The zero-order valence-corrected chi connectivity index (χ0v) is 16.5.